The molecule has 1 aromatic carbocycles. The summed E-state index contributed by atoms with van der Waals surface area (Å²) in [6, 6.07) is 8.59. The number of nitrogens with two attached hydrogens (primary N) is 1. The van der Waals surface area contributed by atoms with Gasteiger partial charge in [-0.15, -0.1) is 0 Å². The summed E-state index contributed by atoms with van der Waals surface area (Å²) in [6.45, 7) is 0. The van der Waals surface area contributed by atoms with Gasteiger partial charge in [0.05, 0.1) is 6.04 Å². The number of rotatable bonds is 2. The van der Waals surface area contributed by atoms with Crippen LogP contribution in [0.4, 0.5) is 0 Å². The van der Waals surface area contributed by atoms with Gasteiger partial charge in [0, 0.05) is 34.9 Å². The van der Waals surface area contributed by atoms with Gasteiger partial charge >= 0.3 is 0 Å². The van der Waals surface area contributed by atoms with Gasteiger partial charge in [0.15, 0.2) is 5.17 Å². The van der Waals surface area contributed by atoms with Crippen molar-refractivity contribution in [3.05, 3.63) is 40.8 Å². The van der Waals surface area contributed by atoms with Gasteiger partial charge < -0.3 is 5.73 Å². The fraction of sp³-hybridized carbons (Fsp3) is 0.214. The van der Waals surface area contributed by atoms with E-state index in [9.17, 15) is 0 Å². The molecule has 2 aliphatic rings. The third-order valence-electron chi connectivity index (χ3n) is 3.10. The molecule has 0 bridgehead atoms. The third kappa shape index (κ3) is 3.13. The van der Waals surface area contributed by atoms with Crippen molar-refractivity contribution in [2.75, 3.05) is 5.75 Å². The molecule has 3 rings (SSSR count). The maximum absolute atomic E-state index is 5.82. The van der Waals surface area contributed by atoms with E-state index < -0.39 is 0 Å². The molecule has 0 amide bonds. The van der Waals surface area contributed by atoms with Crippen molar-refractivity contribution in [2.45, 2.75) is 12.5 Å². The Morgan fingerprint density at radius 1 is 1.30 bits per heavy atom. The molecule has 102 valence electrons. The minimum absolute atomic E-state index is 0.170. The molecule has 2 aliphatic heterocycles. The molecule has 0 aliphatic carbocycles. The number of allylic oxidation sites excluding steroid dienone is 1. The lowest BCUT2D eigenvalue weighted by Gasteiger charge is -2.18. The summed E-state index contributed by atoms with van der Waals surface area (Å²) in [7, 11) is 0. The first-order valence-corrected chi connectivity index (χ1v) is 8.12. The smallest absolute Gasteiger partial charge is 0.154 e. The van der Waals surface area contributed by atoms with Crippen molar-refractivity contribution >= 4 is 47.0 Å². The highest BCUT2D eigenvalue weighted by Crippen LogP contribution is 2.30. The Bertz CT molecular complexity index is 619. The van der Waals surface area contributed by atoms with Crippen LogP contribution >= 0.6 is 23.7 Å². The zero-order valence-electron chi connectivity index (χ0n) is 10.8. The van der Waals surface area contributed by atoms with Gasteiger partial charge in [-0.3, -0.25) is 4.99 Å². The predicted molar refractivity (Wildman–Crippen MR) is 90.4 cm³/mol. The molecule has 2 heterocycles. The Labute approximate surface area is 126 Å². The van der Waals surface area contributed by atoms with Crippen LogP contribution in [0.15, 0.2) is 44.1 Å². The number of benzene rings is 1. The molecule has 0 radical (unpaired) electrons. The second-order valence-corrected chi connectivity index (χ2v) is 6.20. The van der Waals surface area contributed by atoms with Crippen molar-refractivity contribution in [1.29, 1.82) is 0 Å². The molecular formula is C14H14N4S2. The van der Waals surface area contributed by atoms with Crippen LogP contribution in [0.2, 0.25) is 0 Å². The van der Waals surface area contributed by atoms with Gasteiger partial charge in [0.25, 0.3) is 0 Å². The Morgan fingerprint density at radius 3 is 3.15 bits per heavy atom. The number of hydrogen-bond acceptors (Lipinski definition) is 6. The van der Waals surface area contributed by atoms with Crippen LogP contribution < -0.4 is 5.73 Å². The average Bonchev–Trinajstić information content (AvgIpc) is 2.76. The predicted octanol–water partition coefficient (Wildman–Crippen LogP) is 3.28. The minimum Gasteiger partial charge on any atom is -0.379 e. The maximum Gasteiger partial charge on any atom is 0.154 e. The van der Waals surface area contributed by atoms with Crippen LogP contribution in [0.5, 0.6) is 0 Å². The third-order valence-corrected chi connectivity index (χ3v) is 4.51. The fourth-order valence-electron chi connectivity index (χ4n) is 2.13. The quantitative estimate of drug-likeness (QED) is 0.853. The van der Waals surface area contributed by atoms with Gasteiger partial charge in [-0.25, -0.2) is 9.39 Å². The number of hydrogen-bond donors (Lipinski definition) is 1. The van der Waals surface area contributed by atoms with Gasteiger partial charge in [-0.05, 0) is 23.6 Å². The largest absolute Gasteiger partial charge is 0.379 e. The van der Waals surface area contributed by atoms with E-state index >= 15 is 0 Å². The summed E-state index contributed by atoms with van der Waals surface area (Å²) in [5.74, 6) is 1.03. The second-order valence-electron chi connectivity index (χ2n) is 4.42. The number of amidine groups is 1. The second kappa shape index (κ2) is 6.28. The summed E-state index contributed by atoms with van der Waals surface area (Å²) in [6.07, 6.45) is 4.41. The standard InChI is InChI=1S/C14H14N4S2/c15-14-18-13(4-5-19-14)11-3-1-2-10(6-11)12-7-16-9-17-20-8-12/h1-3,6-9,13H,4-5H2,(H2,15,18). The summed E-state index contributed by atoms with van der Waals surface area (Å²) in [5.41, 5.74) is 9.23. The molecule has 6 heteroatoms. The van der Waals surface area contributed by atoms with Crippen LogP contribution in [0, 0.1) is 0 Å². The highest BCUT2D eigenvalue weighted by atomic mass is 32.2. The van der Waals surface area contributed by atoms with Gasteiger partial charge in [0.1, 0.15) is 6.34 Å². The van der Waals surface area contributed by atoms with Gasteiger partial charge in [0.2, 0.25) is 0 Å². The van der Waals surface area contributed by atoms with E-state index in [4.69, 9.17) is 5.73 Å². The molecule has 2 N–H and O–H groups in total. The Morgan fingerprint density at radius 2 is 2.25 bits per heavy atom. The first kappa shape index (κ1) is 13.5. The van der Waals surface area contributed by atoms with E-state index in [-0.39, 0.29) is 6.04 Å². The molecule has 0 spiro atoms. The number of nitrogens with zero attached hydrogens (tertiary/aromatic N) is 3. The van der Waals surface area contributed by atoms with Crippen molar-refractivity contribution in [2.24, 2.45) is 20.1 Å². The van der Waals surface area contributed by atoms with Crippen LogP contribution in [-0.2, 0) is 0 Å². The van der Waals surface area contributed by atoms with Crippen LogP contribution in [0.1, 0.15) is 23.6 Å². The van der Waals surface area contributed by atoms with Crippen molar-refractivity contribution in [1.82, 2.24) is 0 Å². The van der Waals surface area contributed by atoms with E-state index in [0.717, 1.165) is 23.3 Å². The highest BCUT2D eigenvalue weighted by molar-refractivity contribution is 8.13. The molecule has 0 saturated heterocycles. The van der Waals surface area contributed by atoms with Gasteiger partial charge in [-0.1, -0.05) is 30.0 Å². The first-order valence-electron chi connectivity index (χ1n) is 6.30. The summed E-state index contributed by atoms with van der Waals surface area (Å²) in [4.78, 5) is 8.66. The summed E-state index contributed by atoms with van der Waals surface area (Å²) < 4.78 is 4.05. The normalized spacial score (nSPS) is 22.1. The van der Waals surface area contributed by atoms with E-state index in [1.165, 1.54) is 17.5 Å². The maximum atomic E-state index is 5.82. The highest BCUT2D eigenvalue weighted by Gasteiger charge is 2.16. The average molecular weight is 302 g/mol. The lowest BCUT2D eigenvalue weighted by molar-refractivity contribution is 0.703. The number of thioether (sulfide) groups is 1. The Balaban J connectivity index is 1.90. The number of aliphatic imine (C=N–C) groups is 2. The monoisotopic (exact) mass is 302 g/mol. The van der Waals surface area contributed by atoms with Crippen LogP contribution in [0.3, 0.4) is 0 Å². The summed E-state index contributed by atoms with van der Waals surface area (Å²) >= 11 is 3.02. The fourth-order valence-corrected chi connectivity index (χ4v) is 3.36. The molecule has 1 atom stereocenters. The van der Waals surface area contributed by atoms with E-state index in [1.54, 1.807) is 18.1 Å². The molecule has 0 fully saturated rings. The molecule has 4 nitrogen and oxygen atoms in total. The lowest BCUT2D eigenvalue weighted by atomic mass is 9.99. The van der Waals surface area contributed by atoms with E-state index in [1.807, 2.05) is 11.6 Å². The van der Waals surface area contributed by atoms with Crippen LogP contribution in [-0.4, -0.2) is 23.5 Å². The van der Waals surface area contributed by atoms with Gasteiger partial charge in [-0.2, -0.15) is 0 Å². The molecule has 0 aromatic heterocycles. The topological polar surface area (TPSA) is 63.1 Å². The molecule has 20 heavy (non-hydrogen) atoms. The molecule has 0 saturated carbocycles. The first-order chi connectivity index (χ1) is 9.83. The van der Waals surface area contributed by atoms with Crippen molar-refractivity contribution < 1.29 is 0 Å². The minimum atomic E-state index is 0.170. The Kier molecular flexibility index (Phi) is 4.22. The van der Waals surface area contributed by atoms with E-state index in [0.29, 0.717) is 5.17 Å². The Hall–Kier alpha value is -1.53. The van der Waals surface area contributed by atoms with E-state index in [2.05, 4.69) is 38.6 Å². The zero-order valence-corrected chi connectivity index (χ0v) is 12.4. The molecular weight excluding hydrogens is 288 g/mol. The zero-order chi connectivity index (χ0) is 13.8. The lowest BCUT2D eigenvalue weighted by Crippen LogP contribution is -2.15. The van der Waals surface area contributed by atoms with Crippen molar-refractivity contribution in [3.8, 4) is 0 Å². The molecule has 1 unspecified atom stereocenters. The SMILES string of the molecule is NC1=NC(c2cccc(C3=CSN=CN=C3)c2)CCS1. The molecule has 1 aromatic rings. The van der Waals surface area contributed by atoms with Crippen molar-refractivity contribution in [3.63, 3.8) is 0 Å². The van der Waals surface area contributed by atoms with Crippen LogP contribution in [0.25, 0.3) is 5.57 Å². The summed E-state index contributed by atoms with van der Waals surface area (Å²) in [5, 5.41) is 2.69.